The fourth-order valence-corrected chi connectivity index (χ4v) is 1.94. The van der Waals surface area contributed by atoms with Crippen LogP contribution in [0.25, 0.3) is 0 Å². The van der Waals surface area contributed by atoms with Crippen LogP contribution in [0, 0.1) is 5.82 Å². The van der Waals surface area contributed by atoms with Gasteiger partial charge in [-0.15, -0.1) is 0 Å². The average Bonchev–Trinajstić information content (AvgIpc) is 2.31. The van der Waals surface area contributed by atoms with E-state index in [0.717, 1.165) is 26.1 Å². The Morgan fingerprint density at radius 2 is 2.00 bits per heavy atom. The summed E-state index contributed by atoms with van der Waals surface area (Å²) in [5.41, 5.74) is 0. The molecule has 0 aromatic heterocycles. The molecule has 1 N–H and O–H groups in total. The molecule has 0 atom stereocenters. The van der Waals surface area contributed by atoms with Crippen molar-refractivity contribution in [2.45, 2.75) is 26.4 Å². The second-order valence-electron chi connectivity index (χ2n) is 4.48. The largest absolute Gasteiger partial charge is 0.492 e. The van der Waals surface area contributed by atoms with Gasteiger partial charge in [0.15, 0.2) is 0 Å². The maximum atomic E-state index is 13.1. The van der Waals surface area contributed by atoms with Crippen molar-refractivity contribution in [1.29, 1.82) is 0 Å². The third-order valence-electron chi connectivity index (χ3n) is 2.33. The van der Waals surface area contributed by atoms with Crippen LogP contribution in [0.3, 0.4) is 0 Å². The molecule has 0 radical (unpaired) electrons. The van der Waals surface area contributed by atoms with Crippen LogP contribution in [0.1, 0.15) is 20.3 Å². The molecule has 0 heterocycles. The molecule has 5 heteroatoms. The average molecular weight is 334 g/mol. The topological polar surface area (TPSA) is 30.5 Å². The van der Waals surface area contributed by atoms with Gasteiger partial charge in [-0.3, -0.25) is 0 Å². The molecule has 0 aliphatic heterocycles. The van der Waals surface area contributed by atoms with Gasteiger partial charge < -0.3 is 14.8 Å². The minimum atomic E-state index is -0.303. The Bertz CT molecular complexity index is 354. The molecule has 3 nitrogen and oxygen atoms in total. The number of rotatable bonds is 9. The van der Waals surface area contributed by atoms with Gasteiger partial charge in [-0.1, -0.05) is 15.9 Å². The molecular weight excluding hydrogens is 313 g/mol. The van der Waals surface area contributed by atoms with Crippen LogP contribution in [-0.2, 0) is 4.74 Å². The molecule has 0 amide bonds. The van der Waals surface area contributed by atoms with Gasteiger partial charge in [0.05, 0.1) is 6.10 Å². The lowest BCUT2D eigenvalue weighted by Gasteiger charge is -2.09. The van der Waals surface area contributed by atoms with E-state index in [1.54, 1.807) is 6.07 Å². The Morgan fingerprint density at radius 3 is 2.68 bits per heavy atom. The van der Waals surface area contributed by atoms with Crippen molar-refractivity contribution < 1.29 is 13.9 Å². The first-order chi connectivity index (χ1) is 9.08. The molecule has 19 heavy (non-hydrogen) atoms. The maximum absolute atomic E-state index is 13.1. The zero-order chi connectivity index (χ0) is 14.1. The second-order valence-corrected chi connectivity index (χ2v) is 5.39. The van der Waals surface area contributed by atoms with Gasteiger partial charge in [-0.05, 0) is 38.9 Å². The summed E-state index contributed by atoms with van der Waals surface area (Å²) in [4.78, 5) is 0. The zero-order valence-corrected chi connectivity index (χ0v) is 13.0. The molecule has 0 spiro atoms. The molecule has 1 aromatic rings. The number of benzene rings is 1. The predicted molar refractivity (Wildman–Crippen MR) is 78.2 cm³/mol. The lowest BCUT2D eigenvalue weighted by molar-refractivity contribution is 0.0770. The zero-order valence-electron chi connectivity index (χ0n) is 11.4. The Hall–Kier alpha value is -0.650. The first-order valence-corrected chi connectivity index (χ1v) is 7.28. The van der Waals surface area contributed by atoms with Crippen molar-refractivity contribution in [2.75, 3.05) is 26.3 Å². The van der Waals surface area contributed by atoms with Crippen molar-refractivity contribution in [1.82, 2.24) is 5.32 Å². The second kappa shape index (κ2) is 9.28. The highest BCUT2D eigenvalue weighted by Crippen LogP contribution is 2.20. The first kappa shape index (κ1) is 16.4. The Morgan fingerprint density at radius 1 is 1.21 bits per heavy atom. The molecule has 0 bridgehead atoms. The lowest BCUT2D eigenvalue weighted by atomic mass is 10.3. The highest BCUT2D eigenvalue weighted by Gasteiger charge is 1.99. The fourth-order valence-electron chi connectivity index (χ4n) is 1.49. The summed E-state index contributed by atoms with van der Waals surface area (Å²) in [7, 11) is 0. The first-order valence-electron chi connectivity index (χ1n) is 6.49. The van der Waals surface area contributed by atoms with Crippen LogP contribution in [0.4, 0.5) is 4.39 Å². The normalized spacial score (nSPS) is 11.0. The van der Waals surface area contributed by atoms with Crippen molar-refractivity contribution in [3.05, 3.63) is 28.5 Å². The minimum Gasteiger partial charge on any atom is -0.492 e. The highest BCUT2D eigenvalue weighted by atomic mass is 79.9. The molecule has 0 unspecified atom stereocenters. The summed E-state index contributed by atoms with van der Waals surface area (Å²) in [6.45, 7) is 6.96. The van der Waals surface area contributed by atoms with Gasteiger partial charge in [0.2, 0.25) is 0 Å². The van der Waals surface area contributed by atoms with Gasteiger partial charge in [0.1, 0.15) is 18.2 Å². The summed E-state index contributed by atoms with van der Waals surface area (Å²) in [5.74, 6) is 0.236. The van der Waals surface area contributed by atoms with Crippen molar-refractivity contribution in [3.8, 4) is 5.75 Å². The van der Waals surface area contributed by atoms with E-state index in [9.17, 15) is 4.39 Å². The van der Waals surface area contributed by atoms with Crippen LogP contribution in [-0.4, -0.2) is 32.4 Å². The molecule has 108 valence electrons. The van der Waals surface area contributed by atoms with E-state index in [4.69, 9.17) is 9.47 Å². The number of ether oxygens (including phenoxy) is 2. The maximum Gasteiger partial charge on any atom is 0.128 e. The van der Waals surface area contributed by atoms with Crippen molar-refractivity contribution in [2.24, 2.45) is 0 Å². The third kappa shape index (κ3) is 8.18. The SMILES string of the molecule is CC(C)OCCCNCCOc1cc(F)cc(Br)c1. The van der Waals surface area contributed by atoms with Crippen LogP contribution in [0.5, 0.6) is 5.75 Å². The number of nitrogens with one attached hydrogen (secondary N) is 1. The molecule has 0 saturated heterocycles. The molecular formula is C14H21BrFNO2. The van der Waals surface area contributed by atoms with Crippen LogP contribution in [0.15, 0.2) is 22.7 Å². The molecule has 0 fully saturated rings. The summed E-state index contributed by atoms with van der Waals surface area (Å²) in [6.07, 6.45) is 1.26. The van der Waals surface area contributed by atoms with Crippen molar-refractivity contribution >= 4 is 15.9 Å². The Kier molecular flexibility index (Phi) is 8.02. The number of halogens is 2. The minimum absolute atomic E-state index is 0.287. The molecule has 0 saturated carbocycles. The van der Waals surface area contributed by atoms with Gasteiger partial charge in [-0.25, -0.2) is 4.39 Å². The fraction of sp³-hybridized carbons (Fsp3) is 0.571. The van der Waals surface area contributed by atoms with Gasteiger partial charge in [0, 0.05) is 23.7 Å². The monoisotopic (exact) mass is 333 g/mol. The number of hydrogen-bond acceptors (Lipinski definition) is 3. The molecule has 1 rings (SSSR count). The lowest BCUT2D eigenvalue weighted by Crippen LogP contribution is -2.23. The molecule has 1 aromatic carbocycles. The van der Waals surface area contributed by atoms with Gasteiger partial charge in [-0.2, -0.15) is 0 Å². The predicted octanol–water partition coefficient (Wildman–Crippen LogP) is 3.37. The summed E-state index contributed by atoms with van der Waals surface area (Å²) >= 11 is 3.23. The molecule has 0 aliphatic rings. The van der Waals surface area contributed by atoms with E-state index in [0.29, 0.717) is 16.8 Å². The van der Waals surface area contributed by atoms with E-state index >= 15 is 0 Å². The highest BCUT2D eigenvalue weighted by molar-refractivity contribution is 9.10. The van der Waals surface area contributed by atoms with E-state index in [2.05, 4.69) is 21.2 Å². The number of hydrogen-bond donors (Lipinski definition) is 1. The van der Waals surface area contributed by atoms with Crippen LogP contribution < -0.4 is 10.1 Å². The van der Waals surface area contributed by atoms with E-state index in [1.165, 1.54) is 12.1 Å². The quantitative estimate of drug-likeness (QED) is 0.703. The van der Waals surface area contributed by atoms with E-state index in [1.807, 2.05) is 13.8 Å². The third-order valence-corrected chi connectivity index (χ3v) is 2.79. The van der Waals surface area contributed by atoms with Gasteiger partial charge in [0.25, 0.3) is 0 Å². The Labute approximate surface area is 122 Å². The summed E-state index contributed by atoms with van der Waals surface area (Å²) in [5, 5.41) is 3.25. The van der Waals surface area contributed by atoms with Crippen LogP contribution in [0.2, 0.25) is 0 Å². The summed E-state index contributed by atoms with van der Waals surface area (Å²) in [6, 6.07) is 4.53. The van der Waals surface area contributed by atoms with E-state index < -0.39 is 0 Å². The van der Waals surface area contributed by atoms with Gasteiger partial charge >= 0.3 is 0 Å². The molecule has 0 aliphatic carbocycles. The van der Waals surface area contributed by atoms with E-state index in [-0.39, 0.29) is 11.9 Å². The smallest absolute Gasteiger partial charge is 0.128 e. The standard InChI is InChI=1S/C14H21BrFNO2/c1-11(2)18-6-3-4-17-5-7-19-14-9-12(15)8-13(16)10-14/h8-11,17H,3-7H2,1-2H3. The van der Waals surface area contributed by atoms with Crippen LogP contribution >= 0.6 is 15.9 Å². The summed E-state index contributed by atoms with van der Waals surface area (Å²) < 4.78 is 24.6. The Balaban J connectivity index is 2.04. The van der Waals surface area contributed by atoms with Crippen molar-refractivity contribution in [3.63, 3.8) is 0 Å².